The lowest BCUT2D eigenvalue weighted by Crippen LogP contribution is -2.53. The van der Waals surface area contributed by atoms with E-state index in [4.69, 9.17) is 15.3 Å². The first kappa shape index (κ1) is 11.9. The summed E-state index contributed by atoms with van der Waals surface area (Å²) in [6.45, 7) is 2.68. The minimum absolute atomic E-state index is 0.346. The van der Waals surface area contributed by atoms with E-state index in [1.165, 1.54) is 6.92 Å². The molecule has 0 bridgehead atoms. The van der Waals surface area contributed by atoms with Crippen LogP contribution in [0.5, 0.6) is 0 Å². The SMILES string of the molecule is C[C@@H]1[C@@H](C(=O)O)N[C@@](C)(C(=O)O)[C@H]1CO. The highest BCUT2D eigenvalue weighted by molar-refractivity contribution is 5.83. The van der Waals surface area contributed by atoms with Gasteiger partial charge in [-0.2, -0.15) is 0 Å². The number of aliphatic carboxylic acids is 2. The molecule has 6 heteroatoms. The van der Waals surface area contributed by atoms with Gasteiger partial charge in [0.05, 0.1) is 0 Å². The summed E-state index contributed by atoms with van der Waals surface area (Å²) >= 11 is 0. The standard InChI is InChI=1S/C9H15NO5/c1-4-5(3-11)9(2,8(14)15)10-6(4)7(12)13/h4-6,10-11H,3H2,1-2H3,(H,12,13)(H,14,15)/t4-,5-,6-,9+/m0/s1. The monoisotopic (exact) mass is 217 g/mol. The Morgan fingerprint density at radius 2 is 1.93 bits per heavy atom. The second-order valence-electron chi connectivity index (χ2n) is 4.12. The van der Waals surface area contributed by atoms with Gasteiger partial charge >= 0.3 is 11.9 Å². The topological polar surface area (TPSA) is 107 Å². The van der Waals surface area contributed by atoms with Gasteiger partial charge in [-0.3, -0.25) is 14.9 Å². The van der Waals surface area contributed by atoms with Gasteiger partial charge in [-0.1, -0.05) is 6.92 Å². The molecule has 1 aliphatic heterocycles. The van der Waals surface area contributed by atoms with E-state index in [-0.39, 0.29) is 6.61 Å². The zero-order chi connectivity index (χ0) is 11.8. The molecule has 0 aromatic heterocycles. The molecule has 0 radical (unpaired) electrons. The van der Waals surface area contributed by atoms with Crippen molar-refractivity contribution in [1.82, 2.24) is 5.32 Å². The summed E-state index contributed by atoms with van der Waals surface area (Å²) in [5.74, 6) is -3.26. The summed E-state index contributed by atoms with van der Waals surface area (Å²) in [5.41, 5.74) is -1.38. The van der Waals surface area contributed by atoms with Crippen LogP contribution in [0.25, 0.3) is 0 Å². The molecule has 0 amide bonds. The van der Waals surface area contributed by atoms with Crippen LogP contribution in [0.2, 0.25) is 0 Å². The summed E-state index contributed by atoms with van der Waals surface area (Å²) < 4.78 is 0. The summed E-state index contributed by atoms with van der Waals surface area (Å²) in [6, 6.07) is -0.928. The van der Waals surface area contributed by atoms with Crippen LogP contribution in [0, 0.1) is 11.8 Å². The van der Waals surface area contributed by atoms with Crippen LogP contribution >= 0.6 is 0 Å². The minimum atomic E-state index is -1.38. The number of hydrogen-bond acceptors (Lipinski definition) is 4. The molecule has 86 valence electrons. The number of aliphatic hydroxyl groups excluding tert-OH is 1. The molecule has 6 nitrogen and oxygen atoms in total. The maximum atomic E-state index is 11.0. The maximum Gasteiger partial charge on any atom is 0.324 e. The number of carboxylic acids is 2. The lowest BCUT2D eigenvalue weighted by Gasteiger charge is -2.26. The third-order valence-electron chi connectivity index (χ3n) is 3.26. The van der Waals surface area contributed by atoms with Gasteiger partial charge in [0.15, 0.2) is 0 Å². The van der Waals surface area contributed by atoms with E-state index in [0.29, 0.717) is 0 Å². The van der Waals surface area contributed by atoms with Crippen molar-refractivity contribution in [3.05, 3.63) is 0 Å². The second-order valence-corrected chi connectivity index (χ2v) is 4.12. The first-order chi connectivity index (χ1) is 6.84. The van der Waals surface area contributed by atoms with Gasteiger partial charge in [0.1, 0.15) is 11.6 Å². The number of rotatable bonds is 3. The zero-order valence-electron chi connectivity index (χ0n) is 8.60. The second kappa shape index (κ2) is 3.79. The highest BCUT2D eigenvalue weighted by atomic mass is 16.4. The lowest BCUT2D eigenvalue weighted by molar-refractivity contribution is -0.146. The predicted molar refractivity (Wildman–Crippen MR) is 50.3 cm³/mol. The normalized spacial score (nSPS) is 40.3. The third kappa shape index (κ3) is 1.70. The van der Waals surface area contributed by atoms with Crippen molar-refractivity contribution in [3.63, 3.8) is 0 Å². The molecule has 15 heavy (non-hydrogen) atoms. The fourth-order valence-electron chi connectivity index (χ4n) is 2.18. The highest BCUT2D eigenvalue weighted by Gasteiger charge is 2.55. The van der Waals surface area contributed by atoms with E-state index in [0.717, 1.165) is 0 Å². The van der Waals surface area contributed by atoms with Crippen LogP contribution in [0.3, 0.4) is 0 Å². The zero-order valence-corrected chi connectivity index (χ0v) is 8.60. The molecule has 1 aliphatic rings. The number of carboxylic acid groups (broad SMARTS) is 2. The molecule has 1 saturated heterocycles. The van der Waals surface area contributed by atoms with Gasteiger partial charge in [0, 0.05) is 12.5 Å². The molecule has 1 heterocycles. The summed E-state index contributed by atoms with van der Waals surface area (Å²) in [5, 5.41) is 29.6. The molecule has 0 aromatic rings. The van der Waals surface area contributed by atoms with Crippen LogP contribution in [0.4, 0.5) is 0 Å². The fourth-order valence-corrected chi connectivity index (χ4v) is 2.18. The molecule has 0 saturated carbocycles. The minimum Gasteiger partial charge on any atom is -0.480 e. The number of carbonyl (C=O) groups is 2. The van der Waals surface area contributed by atoms with Gasteiger partial charge < -0.3 is 15.3 Å². The van der Waals surface area contributed by atoms with E-state index in [1.54, 1.807) is 6.92 Å². The molecule has 4 atom stereocenters. The van der Waals surface area contributed by atoms with Crippen LogP contribution in [0.1, 0.15) is 13.8 Å². The molecule has 0 spiro atoms. The highest BCUT2D eigenvalue weighted by Crippen LogP contribution is 2.35. The number of nitrogens with one attached hydrogen (secondary N) is 1. The Morgan fingerprint density at radius 1 is 1.40 bits per heavy atom. The largest absolute Gasteiger partial charge is 0.480 e. The van der Waals surface area contributed by atoms with E-state index in [1.807, 2.05) is 0 Å². The van der Waals surface area contributed by atoms with Gasteiger partial charge in [-0.05, 0) is 12.8 Å². The van der Waals surface area contributed by atoms with Crippen molar-refractivity contribution in [2.24, 2.45) is 11.8 Å². The summed E-state index contributed by atoms with van der Waals surface area (Å²) in [6.07, 6.45) is 0. The van der Waals surface area contributed by atoms with E-state index >= 15 is 0 Å². The maximum absolute atomic E-state index is 11.0. The average Bonchev–Trinajstić information content (AvgIpc) is 2.39. The molecule has 0 aliphatic carbocycles. The Morgan fingerprint density at radius 3 is 2.20 bits per heavy atom. The van der Waals surface area contributed by atoms with Crippen LogP contribution in [-0.2, 0) is 9.59 Å². The van der Waals surface area contributed by atoms with Crippen LogP contribution in [-0.4, -0.2) is 45.4 Å². The number of aliphatic hydroxyl groups is 1. The fraction of sp³-hybridized carbons (Fsp3) is 0.778. The van der Waals surface area contributed by atoms with Crippen molar-refractivity contribution in [3.8, 4) is 0 Å². The van der Waals surface area contributed by atoms with E-state index < -0.39 is 35.4 Å². The van der Waals surface area contributed by atoms with E-state index in [9.17, 15) is 9.59 Å². The molecule has 1 fully saturated rings. The van der Waals surface area contributed by atoms with Gasteiger partial charge in [-0.25, -0.2) is 0 Å². The lowest BCUT2D eigenvalue weighted by atomic mass is 9.81. The first-order valence-electron chi connectivity index (χ1n) is 4.69. The Balaban J connectivity index is 3.03. The Labute approximate surface area is 86.9 Å². The predicted octanol–water partition coefficient (Wildman–Crippen LogP) is -0.869. The van der Waals surface area contributed by atoms with Crippen molar-refractivity contribution in [2.45, 2.75) is 25.4 Å². The molecule has 0 aromatic carbocycles. The van der Waals surface area contributed by atoms with Gasteiger partial charge in [-0.15, -0.1) is 0 Å². The van der Waals surface area contributed by atoms with Crippen LogP contribution < -0.4 is 5.32 Å². The van der Waals surface area contributed by atoms with Crippen molar-refractivity contribution in [2.75, 3.05) is 6.61 Å². The quantitative estimate of drug-likeness (QED) is 0.489. The van der Waals surface area contributed by atoms with Crippen molar-refractivity contribution in [1.29, 1.82) is 0 Å². The first-order valence-corrected chi connectivity index (χ1v) is 4.69. The smallest absolute Gasteiger partial charge is 0.324 e. The van der Waals surface area contributed by atoms with E-state index in [2.05, 4.69) is 5.32 Å². The Hall–Kier alpha value is -1.14. The Bertz CT molecular complexity index is 292. The van der Waals surface area contributed by atoms with Gasteiger partial charge in [0.2, 0.25) is 0 Å². The molecular formula is C9H15NO5. The summed E-state index contributed by atoms with van der Waals surface area (Å²) in [7, 11) is 0. The average molecular weight is 217 g/mol. The van der Waals surface area contributed by atoms with Gasteiger partial charge in [0.25, 0.3) is 0 Å². The molecular weight excluding hydrogens is 202 g/mol. The molecule has 1 rings (SSSR count). The van der Waals surface area contributed by atoms with Crippen LogP contribution in [0.15, 0.2) is 0 Å². The van der Waals surface area contributed by atoms with Crippen molar-refractivity contribution >= 4 is 11.9 Å². The van der Waals surface area contributed by atoms with Crippen molar-refractivity contribution < 1.29 is 24.9 Å². The molecule has 4 N–H and O–H groups in total. The molecule has 0 unspecified atom stereocenters. The number of hydrogen-bond donors (Lipinski definition) is 4. The Kier molecular flexibility index (Phi) is 3.01. The third-order valence-corrected chi connectivity index (χ3v) is 3.26. The summed E-state index contributed by atoms with van der Waals surface area (Å²) in [4.78, 5) is 21.9.